The van der Waals surface area contributed by atoms with Gasteiger partial charge in [0, 0.05) is 6.42 Å². The Balaban J connectivity index is 3.60. The first kappa shape index (κ1) is 12.0. The van der Waals surface area contributed by atoms with E-state index in [1.165, 1.54) is 12.8 Å². The molecule has 0 rings (SSSR count). The third kappa shape index (κ3) is 4.78. The van der Waals surface area contributed by atoms with Gasteiger partial charge in [0.05, 0.1) is 6.04 Å². The molecule has 1 N–H and O–H groups in total. The normalized spacial score (nSPS) is 12.9. The molecule has 1 atom stereocenters. The Bertz CT molecular complexity index is 128. The summed E-state index contributed by atoms with van der Waals surface area (Å²) in [5.41, 5.74) is 0. The molecule has 0 amide bonds. The second-order valence-corrected chi connectivity index (χ2v) is 3.26. The lowest BCUT2D eigenvalue weighted by Crippen LogP contribution is -2.30. The van der Waals surface area contributed by atoms with Crippen molar-refractivity contribution in [1.29, 1.82) is 0 Å². The minimum absolute atomic E-state index is 0.0371. The van der Waals surface area contributed by atoms with E-state index in [9.17, 15) is 4.79 Å². The maximum absolute atomic E-state index is 11.2. The highest BCUT2D eigenvalue weighted by Crippen LogP contribution is 2.06. The van der Waals surface area contributed by atoms with Gasteiger partial charge >= 0.3 is 0 Å². The predicted molar refractivity (Wildman–Crippen MR) is 55.3 cm³/mol. The van der Waals surface area contributed by atoms with Crippen LogP contribution in [0.25, 0.3) is 0 Å². The number of hydrogen-bond acceptors (Lipinski definition) is 3. The summed E-state index contributed by atoms with van der Waals surface area (Å²) in [5.74, 6) is 0.265. The van der Waals surface area contributed by atoms with Crippen molar-refractivity contribution in [2.75, 3.05) is 0 Å². The Kier molecular flexibility index (Phi) is 7.61. The van der Waals surface area contributed by atoms with Crippen LogP contribution in [-0.2, 0) is 4.79 Å². The molecule has 0 aliphatic heterocycles. The zero-order valence-electron chi connectivity index (χ0n) is 7.97. The van der Waals surface area contributed by atoms with Crippen LogP contribution in [0.1, 0.15) is 46.0 Å². The van der Waals surface area contributed by atoms with Crippen molar-refractivity contribution in [3.8, 4) is 0 Å². The fourth-order valence-electron chi connectivity index (χ4n) is 1.14. The molecule has 1 unspecified atom stereocenters. The topological polar surface area (TPSA) is 29.1 Å². The van der Waals surface area contributed by atoms with Crippen LogP contribution in [0.5, 0.6) is 0 Å². The van der Waals surface area contributed by atoms with Gasteiger partial charge in [-0.15, -0.1) is 0 Å². The average Bonchev–Trinajstić information content (AvgIpc) is 2.11. The van der Waals surface area contributed by atoms with E-state index < -0.39 is 0 Å². The van der Waals surface area contributed by atoms with E-state index in [0.29, 0.717) is 6.42 Å². The number of Topliss-reactive ketones (excluding diaryl/α,β-unsaturated/α-hetero) is 1. The highest BCUT2D eigenvalue weighted by Gasteiger charge is 2.13. The molecule has 0 radical (unpaired) electrons. The summed E-state index contributed by atoms with van der Waals surface area (Å²) >= 11 is 3.94. The molecular formula is C9H19NOS. The monoisotopic (exact) mass is 189 g/mol. The van der Waals surface area contributed by atoms with Crippen molar-refractivity contribution >= 4 is 18.6 Å². The van der Waals surface area contributed by atoms with E-state index in [2.05, 4.69) is 24.5 Å². The van der Waals surface area contributed by atoms with Crippen molar-refractivity contribution in [2.45, 2.75) is 52.0 Å². The van der Waals surface area contributed by atoms with Gasteiger partial charge in [0.15, 0.2) is 0 Å². The number of rotatable bonds is 7. The summed E-state index contributed by atoms with van der Waals surface area (Å²) in [6, 6.07) is -0.0371. The number of hydrogen-bond donors (Lipinski definition) is 2. The molecule has 2 nitrogen and oxygen atoms in total. The van der Waals surface area contributed by atoms with Gasteiger partial charge in [0.2, 0.25) is 0 Å². The Labute approximate surface area is 80.7 Å². The van der Waals surface area contributed by atoms with Crippen LogP contribution in [0.2, 0.25) is 0 Å². The summed E-state index contributed by atoms with van der Waals surface area (Å²) in [7, 11) is 0. The van der Waals surface area contributed by atoms with Crippen LogP contribution in [0.15, 0.2) is 0 Å². The van der Waals surface area contributed by atoms with Gasteiger partial charge in [0.25, 0.3) is 0 Å². The maximum atomic E-state index is 11.2. The van der Waals surface area contributed by atoms with Gasteiger partial charge < -0.3 is 0 Å². The van der Waals surface area contributed by atoms with Crippen LogP contribution in [0.3, 0.4) is 0 Å². The number of nitrogens with one attached hydrogen (secondary N) is 1. The Morgan fingerprint density at radius 3 is 2.50 bits per heavy atom. The molecule has 0 fully saturated rings. The second-order valence-electron chi connectivity index (χ2n) is 3.00. The molecule has 0 aliphatic rings. The van der Waals surface area contributed by atoms with Crippen molar-refractivity contribution in [2.24, 2.45) is 0 Å². The molecule has 3 heteroatoms. The van der Waals surface area contributed by atoms with E-state index in [4.69, 9.17) is 0 Å². The molecule has 0 aliphatic carbocycles. The lowest BCUT2D eigenvalue weighted by atomic mass is 10.0. The van der Waals surface area contributed by atoms with E-state index in [1.54, 1.807) is 0 Å². The summed E-state index contributed by atoms with van der Waals surface area (Å²) < 4.78 is 2.76. The summed E-state index contributed by atoms with van der Waals surface area (Å²) in [6.45, 7) is 4.05. The average molecular weight is 189 g/mol. The smallest absolute Gasteiger partial charge is 0.150 e. The van der Waals surface area contributed by atoms with Crippen LogP contribution in [0.4, 0.5) is 0 Å². The number of carbonyl (C=O) groups is 1. The van der Waals surface area contributed by atoms with E-state index >= 15 is 0 Å². The van der Waals surface area contributed by atoms with Crippen molar-refractivity contribution < 1.29 is 4.79 Å². The van der Waals surface area contributed by atoms with Crippen LogP contribution in [0, 0.1) is 0 Å². The van der Waals surface area contributed by atoms with Crippen molar-refractivity contribution in [3.63, 3.8) is 0 Å². The molecule has 0 aromatic rings. The second kappa shape index (κ2) is 7.62. The van der Waals surface area contributed by atoms with E-state index in [0.717, 1.165) is 12.8 Å². The highest BCUT2D eigenvalue weighted by molar-refractivity contribution is 7.78. The molecule has 72 valence electrons. The summed E-state index contributed by atoms with van der Waals surface area (Å²) in [5, 5.41) is 0. The molecule has 12 heavy (non-hydrogen) atoms. The Morgan fingerprint density at radius 1 is 1.42 bits per heavy atom. The summed E-state index contributed by atoms with van der Waals surface area (Å²) in [4.78, 5) is 11.2. The molecule has 0 aromatic heterocycles. The van der Waals surface area contributed by atoms with Gasteiger partial charge in [-0.1, -0.05) is 45.9 Å². The lowest BCUT2D eigenvalue weighted by molar-refractivity contribution is -0.120. The zero-order chi connectivity index (χ0) is 9.40. The molecule has 0 aromatic carbocycles. The third-order valence-electron chi connectivity index (χ3n) is 1.99. The van der Waals surface area contributed by atoms with E-state index in [-0.39, 0.29) is 11.8 Å². The lowest BCUT2D eigenvalue weighted by Gasteiger charge is -2.12. The number of thiol groups is 1. The first-order valence-electron chi connectivity index (χ1n) is 4.68. The molecule has 0 saturated heterocycles. The predicted octanol–water partition coefficient (Wildman–Crippen LogP) is 2.35. The first-order chi connectivity index (χ1) is 5.76. The molecular weight excluding hydrogens is 170 g/mol. The van der Waals surface area contributed by atoms with Crippen LogP contribution < -0.4 is 4.72 Å². The Hall–Kier alpha value is -0.0200. The quantitative estimate of drug-likeness (QED) is 0.475. The fraction of sp³-hybridized carbons (Fsp3) is 0.889. The Morgan fingerprint density at radius 2 is 2.08 bits per heavy atom. The minimum atomic E-state index is -0.0371. The highest BCUT2D eigenvalue weighted by atomic mass is 32.1. The number of carbonyl (C=O) groups excluding carboxylic acids is 1. The largest absolute Gasteiger partial charge is 0.298 e. The van der Waals surface area contributed by atoms with E-state index in [1.807, 2.05) is 6.92 Å². The van der Waals surface area contributed by atoms with Crippen molar-refractivity contribution in [3.05, 3.63) is 0 Å². The molecule has 0 bridgehead atoms. The SMILES string of the molecule is CCCCCC(NS)C(=O)CC. The van der Waals surface area contributed by atoms with Gasteiger partial charge in [0.1, 0.15) is 5.78 Å². The first-order valence-corrected chi connectivity index (χ1v) is 5.13. The standard InChI is InChI=1S/C9H19NOS/c1-3-5-6-7-8(10-12)9(11)4-2/h8,10,12H,3-7H2,1-2H3. The van der Waals surface area contributed by atoms with Crippen molar-refractivity contribution in [1.82, 2.24) is 4.72 Å². The van der Waals surface area contributed by atoms with Crippen LogP contribution in [-0.4, -0.2) is 11.8 Å². The van der Waals surface area contributed by atoms with Gasteiger partial charge in [-0.3, -0.25) is 9.52 Å². The number of ketones is 1. The summed E-state index contributed by atoms with van der Waals surface area (Å²) in [6.07, 6.45) is 5.03. The molecule has 0 heterocycles. The molecule has 0 spiro atoms. The minimum Gasteiger partial charge on any atom is -0.298 e. The zero-order valence-corrected chi connectivity index (χ0v) is 8.86. The van der Waals surface area contributed by atoms with Gasteiger partial charge in [-0.25, -0.2) is 0 Å². The maximum Gasteiger partial charge on any atom is 0.150 e. The number of unbranched alkanes of at least 4 members (excludes halogenated alkanes) is 2. The van der Waals surface area contributed by atoms with Gasteiger partial charge in [-0.2, -0.15) is 0 Å². The van der Waals surface area contributed by atoms with Gasteiger partial charge in [-0.05, 0) is 6.42 Å². The van der Waals surface area contributed by atoms with Crippen LogP contribution >= 0.6 is 12.8 Å². The molecule has 0 saturated carbocycles. The fourth-order valence-corrected chi connectivity index (χ4v) is 1.42. The third-order valence-corrected chi connectivity index (χ3v) is 2.30.